The molecular weight excluding hydrogens is 392 g/mol. The van der Waals surface area contributed by atoms with Gasteiger partial charge in [0.1, 0.15) is 0 Å². The molecule has 4 heteroatoms. The predicted molar refractivity (Wildman–Crippen MR) is 126 cm³/mol. The van der Waals surface area contributed by atoms with Crippen molar-refractivity contribution in [1.82, 2.24) is 10.2 Å². The highest BCUT2D eigenvalue weighted by Gasteiger charge is 2.65. The normalized spacial score (nSPS) is 16.6. The molecule has 2 aliphatic rings. The summed E-state index contributed by atoms with van der Waals surface area (Å²) in [6.07, 6.45) is 4.41. The van der Waals surface area contributed by atoms with Crippen LogP contribution in [0.4, 0.5) is 0 Å². The SMILES string of the molecule is c1cc[n+]2c(c1)-c1cccc[n+]1C21NCCN1Cc1c2ccccc2cc2ccccc12. The molecule has 1 saturated heterocycles. The fourth-order valence-electron chi connectivity index (χ4n) is 5.72. The van der Waals surface area contributed by atoms with Gasteiger partial charge in [0, 0.05) is 43.9 Å². The van der Waals surface area contributed by atoms with Gasteiger partial charge >= 0.3 is 5.91 Å². The van der Waals surface area contributed by atoms with Gasteiger partial charge in [-0.1, -0.05) is 57.7 Å². The molecule has 3 aromatic carbocycles. The Bertz CT molecular complexity index is 1410. The molecule has 1 spiro atoms. The summed E-state index contributed by atoms with van der Waals surface area (Å²) < 4.78 is 4.78. The number of aromatic nitrogens is 2. The molecule has 2 aliphatic heterocycles. The van der Waals surface area contributed by atoms with Crippen LogP contribution in [0.15, 0.2) is 103 Å². The van der Waals surface area contributed by atoms with Gasteiger partial charge in [-0.05, 0) is 45.3 Å². The van der Waals surface area contributed by atoms with Gasteiger partial charge in [-0.15, -0.1) is 0 Å². The first-order chi connectivity index (χ1) is 15.9. The molecule has 4 nitrogen and oxygen atoms in total. The third-order valence-electron chi connectivity index (χ3n) is 7.07. The average Bonchev–Trinajstić information content (AvgIpc) is 3.40. The molecule has 0 aliphatic carbocycles. The average molecular weight is 417 g/mol. The third-order valence-corrected chi connectivity index (χ3v) is 7.07. The first-order valence-electron chi connectivity index (χ1n) is 11.3. The zero-order chi connectivity index (χ0) is 21.1. The maximum atomic E-state index is 3.86. The van der Waals surface area contributed by atoms with Crippen LogP contribution in [-0.2, 0) is 12.5 Å². The van der Waals surface area contributed by atoms with Crippen molar-refractivity contribution < 1.29 is 9.13 Å². The minimum atomic E-state index is -0.439. The first kappa shape index (κ1) is 18.0. The molecule has 1 N–H and O–H groups in total. The van der Waals surface area contributed by atoms with E-state index >= 15 is 0 Å². The smallest absolute Gasteiger partial charge is 0.177 e. The molecule has 2 aromatic heterocycles. The summed E-state index contributed by atoms with van der Waals surface area (Å²) in [5, 5.41) is 9.14. The van der Waals surface area contributed by atoms with E-state index in [-0.39, 0.29) is 0 Å². The highest BCUT2D eigenvalue weighted by molar-refractivity contribution is 6.02. The number of hydrogen-bond acceptors (Lipinski definition) is 2. The van der Waals surface area contributed by atoms with Gasteiger partial charge in [-0.2, -0.15) is 10.2 Å². The van der Waals surface area contributed by atoms with Gasteiger partial charge < -0.3 is 0 Å². The summed E-state index contributed by atoms with van der Waals surface area (Å²) in [7, 11) is 0. The molecule has 0 bridgehead atoms. The molecule has 1 fully saturated rings. The second-order valence-electron chi connectivity index (χ2n) is 8.69. The molecule has 0 unspecified atom stereocenters. The summed E-state index contributed by atoms with van der Waals surface area (Å²) in [5.74, 6) is -0.439. The van der Waals surface area contributed by atoms with Crippen LogP contribution < -0.4 is 14.5 Å². The second-order valence-corrected chi connectivity index (χ2v) is 8.69. The van der Waals surface area contributed by atoms with Crippen molar-refractivity contribution in [2.45, 2.75) is 12.5 Å². The van der Waals surface area contributed by atoms with Crippen LogP contribution in [-0.4, -0.2) is 18.0 Å². The van der Waals surface area contributed by atoms with Gasteiger partial charge in [-0.3, -0.25) is 0 Å². The highest BCUT2D eigenvalue weighted by atomic mass is 15.6. The Balaban J connectivity index is 1.46. The summed E-state index contributed by atoms with van der Waals surface area (Å²) in [4.78, 5) is 2.58. The minimum Gasteiger partial charge on any atom is -0.177 e. The van der Waals surface area contributed by atoms with Crippen LogP contribution in [0.25, 0.3) is 32.9 Å². The van der Waals surface area contributed by atoms with E-state index in [0.717, 1.165) is 19.6 Å². The number of rotatable bonds is 2. The summed E-state index contributed by atoms with van der Waals surface area (Å²) in [6.45, 7) is 2.77. The summed E-state index contributed by atoms with van der Waals surface area (Å²) >= 11 is 0. The third kappa shape index (κ3) is 2.34. The topological polar surface area (TPSA) is 23.0 Å². The highest BCUT2D eigenvalue weighted by Crippen LogP contribution is 2.33. The molecule has 32 heavy (non-hydrogen) atoms. The van der Waals surface area contributed by atoms with E-state index in [1.54, 1.807) is 0 Å². The van der Waals surface area contributed by atoms with E-state index in [9.17, 15) is 0 Å². The lowest BCUT2D eigenvalue weighted by molar-refractivity contribution is -0.990. The van der Waals surface area contributed by atoms with E-state index in [0.29, 0.717) is 0 Å². The van der Waals surface area contributed by atoms with Crippen LogP contribution in [0, 0.1) is 0 Å². The molecule has 7 rings (SSSR count). The molecule has 0 amide bonds. The minimum absolute atomic E-state index is 0.439. The van der Waals surface area contributed by atoms with E-state index in [4.69, 9.17) is 0 Å². The van der Waals surface area contributed by atoms with Crippen LogP contribution in [0.1, 0.15) is 5.56 Å². The van der Waals surface area contributed by atoms with E-state index in [1.807, 2.05) is 0 Å². The zero-order valence-electron chi connectivity index (χ0n) is 17.8. The number of pyridine rings is 2. The van der Waals surface area contributed by atoms with Crippen LogP contribution in [0.3, 0.4) is 0 Å². The van der Waals surface area contributed by atoms with E-state index in [2.05, 4.69) is 123 Å². The lowest BCUT2D eigenvalue weighted by Gasteiger charge is -2.25. The van der Waals surface area contributed by atoms with Gasteiger partial charge in [0.15, 0.2) is 12.4 Å². The fourth-order valence-corrected chi connectivity index (χ4v) is 5.72. The lowest BCUT2D eigenvalue weighted by atomic mass is 9.96. The van der Waals surface area contributed by atoms with Crippen LogP contribution >= 0.6 is 0 Å². The van der Waals surface area contributed by atoms with Crippen molar-refractivity contribution in [3.63, 3.8) is 0 Å². The fraction of sp³-hybridized carbons (Fsp3) is 0.143. The van der Waals surface area contributed by atoms with Gasteiger partial charge in [0.2, 0.25) is 0 Å². The maximum Gasteiger partial charge on any atom is 0.497 e. The monoisotopic (exact) mass is 416 g/mol. The Labute approximate surface area is 187 Å². The summed E-state index contributed by atoms with van der Waals surface area (Å²) in [5.41, 5.74) is 3.86. The summed E-state index contributed by atoms with van der Waals surface area (Å²) in [6, 6.07) is 32.8. The number of nitrogens with zero attached hydrogens (tertiary/aromatic N) is 3. The quantitative estimate of drug-likeness (QED) is 0.350. The Kier molecular flexibility index (Phi) is 3.77. The first-order valence-corrected chi connectivity index (χ1v) is 11.3. The van der Waals surface area contributed by atoms with Crippen molar-refractivity contribution in [3.8, 4) is 11.4 Å². The molecule has 4 heterocycles. The van der Waals surface area contributed by atoms with Crippen molar-refractivity contribution in [3.05, 3.63) is 109 Å². The Morgan fingerprint density at radius 2 is 1.28 bits per heavy atom. The molecule has 0 saturated carbocycles. The molecule has 154 valence electrons. The number of nitrogens with one attached hydrogen (secondary N) is 1. The molecule has 0 atom stereocenters. The molecule has 0 radical (unpaired) electrons. The second kappa shape index (κ2) is 6.70. The van der Waals surface area contributed by atoms with Gasteiger partial charge in [0.25, 0.3) is 11.4 Å². The number of hydrogen-bond donors (Lipinski definition) is 1. The van der Waals surface area contributed by atoms with Gasteiger partial charge in [-0.25, -0.2) is 0 Å². The number of fused-ring (bicyclic) bond motifs is 7. The zero-order valence-corrected chi connectivity index (χ0v) is 17.8. The van der Waals surface area contributed by atoms with Crippen LogP contribution in [0.2, 0.25) is 0 Å². The van der Waals surface area contributed by atoms with Crippen molar-refractivity contribution in [2.24, 2.45) is 0 Å². The predicted octanol–water partition coefficient (Wildman–Crippen LogP) is 3.77. The standard InChI is InChI=1S/C28H24N4/c1-3-11-23-21(9-1)19-22-10-2-4-12-24(22)25(23)20-30-18-15-29-28(30)31-16-7-5-13-26(31)27-14-6-8-17-32(27)28/h1-14,16-17,19,29H,15,18,20H2/q+2. The van der Waals surface area contributed by atoms with Crippen molar-refractivity contribution in [2.75, 3.05) is 13.1 Å². The van der Waals surface area contributed by atoms with Crippen molar-refractivity contribution >= 4 is 21.5 Å². The largest absolute Gasteiger partial charge is 0.497 e. The van der Waals surface area contributed by atoms with E-state index < -0.39 is 5.91 Å². The molecular formula is C28H24N4+2. The van der Waals surface area contributed by atoms with Crippen molar-refractivity contribution in [1.29, 1.82) is 0 Å². The number of benzene rings is 3. The Morgan fingerprint density at radius 1 is 0.719 bits per heavy atom. The Morgan fingerprint density at radius 3 is 1.91 bits per heavy atom. The van der Waals surface area contributed by atoms with Crippen LogP contribution in [0.5, 0.6) is 0 Å². The van der Waals surface area contributed by atoms with E-state index in [1.165, 1.54) is 38.5 Å². The Hall–Kier alpha value is -3.60. The van der Waals surface area contributed by atoms with Gasteiger partial charge in [0.05, 0.1) is 0 Å². The lowest BCUT2D eigenvalue weighted by Crippen LogP contribution is -2.80. The maximum absolute atomic E-state index is 3.86. The molecule has 5 aromatic rings.